The van der Waals surface area contributed by atoms with Crippen molar-refractivity contribution in [1.82, 2.24) is 4.98 Å². The average Bonchev–Trinajstić information content (AvgIpc) is 3.25. The molecule has 0 aliphatic heterocycles. The van der Waals surface area contributed by atoms with Gasteiger partial charge in [0.25, 0.3) is 0 Å². The number of benzene rings is 7. The number of para-hydroxylation sites is 1. The Bertz CT molecular complexity index is 2320. The maximum absolute atomic E-state index is 5.17. The molecule has 192 valence electrons. The first-order valence-corrected chi connectivity index (χ1v) is 14.4. The second kappa shape index (κ2) is 8.02. The van der Waals surface area contributed by atoms with E-state index in [0.717, 1.165) is 16.6 Å². The van der Waals surface area contributed by atoms with Crippen molar-refractivity contribution in [2.24, 2.45) is 0 Å². The first kappa shape index (κ1) is 22.8. The van der Waals surface area contributed by atoms with E-state index in [9.17, 15) is 0 Å². The quantitative estimate of drug-likeness (QED) is 0.206. The normalized spacial score (nSPS) is 13.8. The molecule has 1 nitrogen and oxygen atoms in total. The van der Waals surface area contributed by atoms with E-state index < -0.39 is 0 Å². The van der Waals surface area contributed by atoms with Gasteiger partial charge in [-0.2, -0.15) is 0 Å². The summed E-state index contributed by atoms with van der Waals surface area (Å²) in [6.07, 6.45) is 0. The summed E-state index contributed by atoms with van der Waals surface area (Å²) >= 11 is 0. The Hall–Kier alpha value is -5.01. The van der Waals surface area contributed by atoms with Crippen LogP contribution in [0.1, 0.15) is 25.0 Å². The van der Waals surface area contributed by atoms with E-state index in [1.807, 2.05) is 0 Å². The minimum atomic E-state index is -0.0472. The summed E-state index contributed by atoms with van der Waals surface area (Å²) in [5.41, 5.74) is 11.2. The molecule has 1 aliphatic carbocycles. The number of pyridine rings is 1. The Morgan fingerprint density at radius 3 is 2.00 bits per heavy atom. The molecule has 8 aromatic rings. The fraction of sp³-hybridized carbons (Fsp3) is 0.0750. The van der Waals surface area contributed by atoms with Crippen molar-refractivity contribution in [3.63, 3.8) is 0 Å². The van der Waals surface area contributed by atoms with Gasteiger partial charge in [-0.3, -0.25) is 0 Å². The third-order valence-electron chi connectivity index (χ3n) is 9.41. The average molecular weight is 522 g/mol. The highest BCUT2D eigenvalue weighted by atomic mass is 14.7. The van der Waals surface area contributed by atoms with Gasteiger partial charge in [0.15, 0.2) is 0 Å². The lowest BCUT2D eigenvalue weighted by atomic mass is 9.81. The molecule has 1 aliphatic rings. The standard InChI is InChI=1S/C40H27N/c1-40(2)34-12-5-4-11-28(34)29-18-16-27(22-35(29)40)32-23-33(37-21-17-24-8-3-6-13-36(24)41-37)31-20-15-26-10-7-9-25-14-19-30(32)39(31)38(25)26/h3-23H,1-2H3. The first-order valence-electron chi connectivity index (χ1n) is 14.4. The molecule has 0 amide bonds. The van der Waals surface area contributed by atoms with Gasteiger partial charge in [-0.1, -0.05) is 117 Å². The zero-order chi connectivity index (χ0) is 27.3. The van der Waals surface area contributed by atoms with Crippen LogP contribution in [0.4, 0.5) is 0 Å². The number of rotatable bonds is 2. The van der Waals surface area contributed by atoms with Crippen molar-refractivity contribution < 1.29 is 0 Å². The summed E-state index contributed by atoms with van der Waals surface area (Å²) in [5.74, 6) is 0. The van der Waals surface area contributed by atoms with Crippen LogP contribution in [0, 0.1) is 0 Å². The molecule has 9 rings (SSSR count). The van der Waals surface area contributed by atoms with Gasteiger partial charge in [-0.15, -0.1) is 0 Å². The fourth-order valence-corrected chi connectivity index (χ4v) is 7.37. The van der Waals surface area contributed by atoms with Crippen LogP contribution in [0.5, 0.6) is 0 Å². The van der Waals surface area contributed by atoms with Crippen LogP contribution in [0.15, 0.2) is 127 Å². The molecule has 0 bridgehead atoms. The molecule has 1 aromatic heterocycles. The highest BCUT2D eigenvalue weighted by Gasteiger charge is 2.35. The molecule has 0 saturated heterocycles. The predicted molar refractivity (Wildman–Crippen MR) is 174 cm³/mol. The largest absolute Gasteiger partial charge is 0.248 e. The van der Waals surface area contributed by atoms with Crippen molar-refractivity contribution in [1.29, 1.82) is 0 Å². The Labute approximate surface area is 239 Å². The molecular formula is C40H27N. The van der Waals surface area contributed by atoms with Gasteiger partial charge in [-0.05, 0) is 90.0 Å². The van der Waals surface area contributed by atoms with E-state index in [-0.39, 0.29) is 5.41 Å². The summed E-state index contributed by atoms with van der Waals surface area (Å²) in [5, 5.41) is 8.93. The summed E-state index contributed by atoms with van der Waals surface area (Å²) in [7, 11) is 0. The first-order chi connectivity index (χ1) is 20.1. The summed E-state index contributed by atoms with van der Waals surface area (Å²) < 4.78 is 0. The van der Waals surface area contributed by atoms with Gasteiger partial charge in [0, 0.05) is 16.4 Å². The van der Waals surface area contributed by atoms with Gasteiger partial charge in [-0.25, -0.2) is 4.98 Å². The minimum absolute atomic E-state index is 0.0472. The third kappa shape index (κ3) is 3.09. The predicted octanol–water partition coefficient (Wildman–Crippen LogP) is 10.8. The molecule has 1 heteroatoms. The van der Waals surface area contributed by atoms with Crippen molar-refractivity contribution in [3.8, 4) is 33.5 Å². The number of hydrogen-bond donors (Lipinski definition) is 0. The lowest BCUT2D eigenvalue weighted by molar-refractivity contribution is 0.660. The third-order valence-corrected chi connectivity index (χ3v) is 9.41. The monoisotopic (exact) mass is 521 g/mol. The molecule has 0 unspecified atom stereocenters. The van der Waals surface area contributed by atoms with E-state index >= 15 is 0 Å². The molecule has 0 atom stereocenters. The molecule has 0 N–H and O–H groups in total. The van der Waals surface area contributed by atoms with Crippen LogP contribution in [0.3, 0.4) is 0 Å². The Balaban J connectivity index is 1.38. The lowest BCUT2D eigenvalue weighted by Crippen LogP contribution is -2.14. The molecule has 0 radical (unpaired) electrons. The second-order valence-corrected chi connectivity index (χ2v) is 12.0. The highest BCUT2D eigenvalue weighted by molar-refractivity contribution is 6.28. The number of hydrogen-bond acceptors (Lipinski definition) is 1. The van der Waals surface area contributed by atoms with E-state index in [1.165, 1.54) is 71.3 Å². The number of aromatic nitrogens is 1. The summed E-state index contributed by atoms with van der Waals surface area (Å²) in [6, 6.07) is 46.9. The highest BCUT2D eigenvalue weighted by Crippen LogP contribution is 2.51. The topological polar surface area (TPSA) is 12.9 Å². The maximum Gasteiger partial charge on any atom is 0.0716 e. The zero-order valence-corrected chi connectivity index (χ0v) is 23.1. The van der Waals surface area contributed by atoms with Gasteiger partial charge in [0.1, 0.15) is 0 Å². The smallest absolute Gasteiger partial charge is 0.0716 e. The van der Waals surface area contributed by atoms with Crippen LogP contribution in [-0.4, -0.2) is 4.98 Å². The van der Waals surface area contributed by atoms with Crippen molar-refractivity contribution in [3.05, 3.63) is 139 Å². The van der Waals surface area contributed by atoms with Crippen LogP contribution < -0.4 is 0 Å². The van der Waals surface area contributed by atoms with Crippen molar-refractivity contribution in [2.75, 3.05) is 0 Å². The number of nitrogens with zero attached hydrogens (tertiary/aromatic N) is 1. The fourth-order valence-electron chi connectivity index (χ4n) is 7.37. The van der Waals surface area contributed by atoms with Crippen LogP contribution in [-0.2, 0) is 5.41 Å². The molecule has 0 saturated carbocycles. The second-order valence-electron chi connectivity index (χ2n) is 12.0. The molecule has 7 aromatic carbocycles. The summed E-state index contributed by atoms with van der Waals surface area (Å²) in [4.78, 5) is 5.17. The molecule has 0 fully saturated rings. The van der Waals surface area contributed by atoms with Crippen LogP contribution in [0.25, 0.3) is 76.7 Å². The molecule has 1 heterocycles. The minimum Gasteiger partial charge on any atom is -0.248 e. The van der Waals surface area contributed by atoms with Crippen molar-refractivity contribution in [2.45, 2.75) is 19.3 Å². The summed E-state index contributed by atoms with van der Waals surface area (Å²) in [6.45, 7) is 4.71. The Morgan fingerprint density at radius 1 is 0.463 bits per heavy atom. The van der Waals surface area contributed by atoms with Gasteiger partial charge >= 0.3 is 0 Å². The van der Waals surface area contributed by atoms with E-state index in [1.54, 1.807) is 0 Å². The van der Waals surface area contributed by atoms with Crippen molar-refractivity contribution >= 4 is 43.2 Å². The van der Waals surface area contributed by atoms with E-state index in [4.69, 9.17) is 4.98 Å². The van der Waals surface area contributed by atoms with Crippen LogP contribution >= 0.6 is 0 Å². The van der Waals surface area contributed by atoms with Gasteiger partial charge in [0.2, 0.25) is 0 Å². The van der Waals surface area contributed by atoms with Crippen LogP contribution in [0.2, 0.25) is 0 Å². The molecular weight excluding hydrogens is 494 g/mol. The lowest BCUT2D eigenvalue weighted by Gasteiger charge is -2.23. The molecule has 41 heavy (non-hydrogen) atoms. The molecule has 0 spiro atoms. The van der Waals surface area contributed by atoms with E-state index in [0.29, 0.717) is 0 Å². The van der Waals surface area contributed by atoms with Gasteiger partial charge < -0.3 is 0 Å². The number of fused-ring (bicyclic) bond motifs is 4. The zero-order valence-electron chi connectivity index (χ0n) is 23.1. The van der Waals surface area contributed by atoms with Gasteiger partial charge in [0.05, 0.1) is 11.2 Å². The van der Waals surface area contributed by atoms with E-state index in [2.05, 4.69) is 141 Å². The maximum atomic E-state index is 5.17. The Morgan fingerprint density at radius 2 is 1.15 bits per heavy atom. The SMILES string of the molecule is CC1(C)c2ccccc2-c2ccc(-c3cc(-c4ccc5ccccc5n4)c4ccc5cccc6ccc3c4c65)cc21. The Kier molecular flexibility index (Phi) is 4.45.